The fourth-order valence-corrected chi connectivity index (χ4v) is 1.06. The summed E-state index contributed by atoms with van der Waals surface area (Å²) >= 11 is 1.52. The Balaban J connectivity index is 2.80. The molecular formula is C8H11NS+. The van der Waals surface area contributed by atoms with Crippen molar-refractivity contribution in [3.63, 3.8) is 0 Å². The fourth-order valence-electron chi connectivity index (χ4n) is 0.751. The van der Waals surface area contributed by atoms with Gasteiger partial charge >= 0.3 is 0 Å². The Morgan fingerprint density at radius 3 is 2.50 bits per heavy atom. The van der Waals surface area contributed by atoms with E-state index in [-0.39, 0.29) is 0 Å². The zero-order valence-electron chi connectivity index (χ0n) is 6.08. The van der Waals surface area contributed by atoms with Crippen LogP contribution in [0.3, 0.4) is 0 Å². The van der Waals surface area contributed by atoms with Gasteiger partial charge in [0.15, 0.2) is 12.4 Å². The Morgan fingerprint density at radius 1 is 1.50 bits per heavy atom. The van der Waals surface area contributed by atoms with Gasteiger partial charge in [0.2, 0.25) is 0 Å². The highest BCUT2D eigenvalue weighted by atomic mass is 32.2. The van der Waals surface area contributed by atoms with E-state index in [1.807, 2.05) is 0 Å². The van der Waals surface area contributed by atoms with E-state index in [0.717, 1.165) is 6.54 Å². The first kappa shape index (κ1) is 7.61. The van der Waals surface area contributed by atoms with E-state index in [0.29, 0.717) is 0 Å². The third-order valence-electron chi connectivity index (χ3n) is 1.39. The van der Waals surface area contributed by atoms with E-state index in [4.69, 9.17) is 0 Å². The normalized spacial score (nSPS) is 9.80. The molecule has 0 N–H and O–H groups in total. The second-order valence-corrected chi connectivity index (χ2v) is 2.77. The Hall–Kier alpha value is -0.500. The standard InChI is InChI=1S/C8H11NS/c1-3-9-6-4-8(10-2)5-7-9/h4-7H,2-3H2,1H3/q+1. The maximum atomic E-state index is 3.72. The van der Waals surface area contributed by atoms with Crippen molar-refractivity contribution in [2.75, 3.05) is 0 Å². The Morgan fingerprint density at radius 2 is 2.10 bits per heavy atom. The number of hydrogen-bond acceptors (Lipinski definition) is 1. The van der Waals surface area contributed by atoms with E-state index in [9.17, 15) is 0 Å². The highest BCUT2D eigenvalue weighted by Gasteiger charge is 1.94. The van der Waals surface area contributed by atoms with E-state index in [2.05, 4.69) is 42.3 Å². The lowest BCUT2D eigenvalue weighted by atomic mass is 10.5. The molecule has 0 spiro atoms. The summed E-state index contributed by atoms with van der Waals surface area (Å²) in [5.74, 6) is 0. The van der Waals surface area contributed by atoms with Gasteiger partial charge in [-0.3, -0.25) is 0 Å². The molecule has 1 aromatic rings. The lowest BCUT2D eigenvalue weighted by Gasteiger charge is -1.92. The average Bonchev–Trinajstić information content (AvgIpc) is 2.05. The third-order valence-corrected chi connectivity index (χ3v) is 2.00. The molecule has 1 nitrogen and oxygen atoms in total. The van der Waals surface area contributed by atoms with E-state index >= 15 is 0 Å². The second-order valence-electron chi connectivity index (χ2n) is 2.01. The van der Waals surface area contributed by atoms with Crippen molar-refractivity contribution in [3.05, 3.63) is 30.8 Å². The first-order chi connectivity index (χ1) is 4.86. The van der Waals surface area contributed by atoms with Gasteiger partial charge in [-0.2, -0.15) is 0 Å². The van der Waals surface area contributed by atoms with Gasteiger partial charge in [-0.05, 0) is 6.92 Å². The van der Waals surface area contributed by atoms with Crippen LogP contribution in [0.15, 0.2) is 29.4 Å². The summed E-state index contributed by atoms with van der Waals surface area (Å²) in [6.45, 7) is 3.15. The summed E-state index contributed by atoms with van der Waals surface area (Å²) in [5.41, 5.74) is 0. The summed E-state index contributed by atoms with van der Waals surface area (Å²) in [6.07, 6.45) is 7.84. The highest BCUT2D eigenvalue weighted by Crippen LogP contribution is 2.12. The number of rotatable bonds is 2. The minimum absolute atomic E-state index is 1.03. The Kier molecular flexibility index (Phi) is 2.75. The lowest BCUT2D eigenvalue weighted by Crippen LogP contribution is -2.30. The summed E-state index contributed by atoms with van der Waals surface area (Å²) in [5, 5.41) is 0. The number of thioether (sulfide) groups is 1. The van der Waals surface area contributed by atoms with Crippen LogP contribution in [0.1, 0.15) is 6.92 Å². The second kappa shape index (κ2) is 3.62. The number of pyridine rings is 1. The zero-order chi connectivity index (χ0) is 7.40. The number of aromatic nitrogens is 1. The van der Waals surface area contributed by atoms with Crippen molar-refractivity contribution in [3.8, 4) is 0 Å². The number of nitrogens with zero attached hydrogens (tertiary/aromatic N) is 1. The van der Waals surface area contributed by atoms with Gasteiger partial charge < -0.3 is 0 Å². The van der Waals surface area contributed by atoms with Gasteiger partial charge in [0.25, 0.3) is 0 Å². The van der Waals surface area contributed by atoms with Gasteiger partial charge in [-0.25, -0.2) is 4.57 Å². The molecule has 1 radical (unpaired) electrons. The third kappa shape index (κ3) is 1.74. The molecule has 0 saturated heterocycles. The van der Waals surface area contributed by atoms with Crippen molar-refractivity contribution >= 4 is 11.8 Å². The smallest absolute Gasteiger partial charge is 0.169 e. The summed E-state index contributed by atoms with van der Waals surface area (Å²) in [4.78, 5) is 1.21. The molecule has 53 valence electrons. The van der Waals surface area contributed by atoms with Crippen molar-refractivity contribution in [1.82, 2.24) is 0 Å². The van der Waals surface area contributed by atoms with Crippen molar-refractivity contribution < 1.29 is 4.57 Å². The SMILES string of the molecule is [CH2]Sc1cc[n+](CC)cc1. The molecule has 0 aromatic carbocycles. The molecule has 0 fully saturated rings. The molecule has 0 saturated carbocycles. The van der Waals surface area contributed by atoms with Crippen LogP contribution in [-0.4, -0.2) is 0 Å². The predicted octanol–water partition coefficient (Wildman–Crippen LogP) is 1.88. The minimum atomic E-state index is 1.03. The molecule has 2 heteroatoms. The Labute approximate surface area is 66.1 Å². The zero-order valence-corrected chi connectivity index (χ0v) is 6.90. The van der Waals surface area contributed by atoms with Crippen molar-refractivity contribution in [2.24, 2.45) is 0 Å². The molecule has 0 aliphatic heterocycles. The van der Waals surface area contributed by atoms with Crippen LogP contribution in [0, 0.1) is 6.26 Å². The molecule has 0 aliphatic carbocycles. The summed E-state index contributed by atoms with van der Waals surface area (Å²) in [6, 6.07) is 4.14. The maximum Gasteiger partial charge on any atom is 0.169 e. The maximum absolute atomic E-state index is 3.72. The Bertz CT molecular complexity index is 170. The van der Waals surface area contributed by atoms with Gasteiger partial charge in [0, 0.05) is 23.3 Å². The quantitative estimate of drug-likeness (QED) is 0.463. The van der Waals surface area contributed by atoms with Crippen LogP contribution in [-0.2, 0) is 6.54 Å². The molecule has 1 rings (SSSR count). The van der Waals surface area contributed by atoms with Gasteiger partial charge in [-0.15, -0.1) is 11.8 Å². The molecule has 0 bridgehead atoms. The molecule has 1 aromatic heterocycles. The van der Waals surface area contributed by atoms with Crippen LogP contribution in [0.2, 0.25) is 0 Å². The van der Waals surface area contributed by atoms with Crippen LogP contribution in [0.25, 0.3) is 0 Å². The molecule has 0 atom stereocenters. The molecule has 0 amide bonds. The molecule has 0 unspecified atom stereocenters. The van der Waals surface area contributed by atoms with E-state index in [1.54, 1.807) is 0 Å². The van der Waals surface area contributed by atoms with Gasteiger partial charge in [0.05, 0.1) is 0 Å². The molecule has 10 heavy (non-hydrogen) atoms. The van der Waals surface area contributed by atoms with Crippen LogP contribution in [0.5, 0.6) is 0 Å². The topological polar surface area (TPSA) is 3.88 Å². The first-order valence-electron chi connectivity index (χ1n) is 3.28. The number of aryl methyl sites for hydroxylation is 1. The minimum Gasteiger partial charge on any atom is -0.205 e. The van der Waals surface area contributed by atoms with E-state index < -0.39 is 0 Å². The number of hydrogen-bond donors (Lipinski definition) is 0. The van der Waals surface area contributed by atoms with Gasteiger partial charge in [-0.1, -0.05) is 0 Å². The lowest BCUT2D eigenvalue weighted by molar-refractivity contribution is -0.693. The largest absolute Gasteiger partial charge is 0.205 e. The predicted molar refractivity (Wildman–Crippen MR) is 43.5 cm³/mol. The average molecular weight is 153 g/mol. The van der Waals surface area contributed by atoms with Crippen molar-refractivity contribution in [2.45, 2.75) is 18.4 Å². The van der Waals surface area contributed by atoms with E-state index in [1.165, 1.54) is 16.7 Å². The summed E-state index contributed by atoms with van der Waals surface area (Å²) in [7, 11) is 0. The van der Waals surface area contributed by atoms with Crippen molar-refractivity contribution in [1.29, 1.82) is 0 Å². The van der Waals surface area contributed by atoms with Gasteiger partial charge in [0.1, 0.15) is 6.54 Å². The molecule has 1 heterocycles. The summed E-state index contributed by atoms with van der Waals surface area (Å²) < 4.78 is 2.12. The molecule has 0 aliphatic rings. The monoisotopic (exact) mass is 153 g/mol. The van der Waals surface area contributed by atoms with Crippen LogP contribution >= 0.6 is 11.8 Å². The molecular weight excluding hydrogens is 142 g/mol. The highest BCUT2D eigenvalue weighted by molar-refractivity contribution is 8.00. The first-order valence-corrected chi connectivity index (χ1v) is 4.26. The van der Waals surface area contributed by atoms with Crippen LogP contribution in [0.4, 0.5) is 0 Å². The van der Waals surface area contributed by atoms with Crippen LogP contribution < -0.4 is 4.57 Å². The fraction of sp³-hybridized carbons (Fsp3) is 0.250.